The first kappa shape index (κ1) is 21.8. The van der Waals surface area contributed by atoms with Gasteiger partial charge in [0.2, 0.25) is 5.82 Å². The summed E-state index contributed by atoms with van der Waals surface area (Å²) in [6, 6.07) is 21.4. The van der Waals surface area contributed by atoms with E-state index in [1.165, 1.54) is 0 Å². The van der Waals surface area contributed by atoms with Gasteiger partial charge in [0.25, 0.3) is 5.91 Å². The summed E-state index contributed by atoms with van der Waals surface area (Å²) in [5, 5.41) is 16.7. The van der Waals surface area contributed by atoms with Gasteiger partial charge in [-0.05, 0) is 54.6 Å². The average Bonchev–Trinajstić information content (AvgIpc) is 3.27. The van der Waals surface area contributed by atoms with Gasteiger partial charge in [-0.3, -0.25) is 9.78 Å². The lowest BCUT2D eigenvalue weighted by molar-refractivity contribution is -0.118. The number of nitrogens with zero attached hydrogens (tertiary/aromatic N) is 5. The molecule has 0 aliphatic rings. The number of amides is 1. The molecule has 0 unspecified atom stereocenters. The molecule has 0 aliphatic heterocycles. The first-order chi connectivity index (χ1) is 16.6. The highest BCUT2D eigenvalue weighted by Crippen LogP contribution is 2.27. The number of anilines is 1. The average molecular weight is 491 g/mol. The third kappa shape index (κ3) is 4.68. The van der Waals surface area contributed by atoms with Crippen LogP contribution in [0.3, 0.4) is 0 Å². The van der Waals surface area contributed by atoms with E-state index in [1.807, 2.05) is 48.5 Å². The molecule has 0 saturated carbocycles. The molecule has 5 aromatic rings. The van der Waals surface area contributed by atoms with Gasteiger partial charge in [-0.15, -0.1) is 10.2 Å². The van der Waals surface area contributed by atoms with Crippen LogP contribution in [0.15, 0.2) is 79.0 Å². The van der Waals surface area contributed by atoms with Crippen molar-refractivity contribution in [2.45, 2.75) is 0 Å². The molecular weight excluding hydrogens is 475 g/mol. The Kier molecular flexibility index (Phi) is 6.07. The van der Waals surface area contributed by atoms with E-state index in [9.17, 15) is 4.79 Å². The minimum absolute atomic E-state index is 0.204. The normalized spacial score (nSPS) is 10.9. The lowest BCUT2D eigenvalue weighted by Gasteiger charge is -2.10. The van der Waals surface area contributed by atoms with E-state index >= 15 is 0 Å². The zero-order chi connectivity index (χ0) is 23.5. The molecule has 34 heavy (non-hydrogen) atoms. The van der Waals surface area contributed by atoms with Crippen LogP contribution in [-0.2, 0) is 4.79 Å². The standard InChI is InChI=1S/C24H16Cl2N6O2/c25-16-7-9-21(18(26)13-16)34-14-23(33)28-17-5-3-4-15(12-17)19-8-10-22-29-30-24(32(22)31-19)20-6-1-2-11-27-20/h1-13H,14H2,(H,28,33). The van der Waals surface area contributed by atoms with Crippen molar-refractivity contribution in [1.29, 1.82) is 0 Å². The van der Waals surface area contributed by atoms with Gasteiger partial charge in [0.05, 0.1) is 10.7 Å². The summed E-state index contributed by atoms with van der Waals surface area (Å²) in [4.78, 5) is 16.7. The van der Waals surface area contributed by atoms with Crippen LogP contribution in [0.1, 0.15) is 0 Å². The van der Waals surface area contributed by atoms with Gasteiger partial charge in [-0.1, -0.05) is 41.4 Å². The minimum atomic E-state index is -0.331. The zero-order valence-electron chi connectivity index (χ0n) is 17.5. The second-order valence-electron chi connectivity index (χ2n) is 7.22. The number of ether oxygens (including phenoxy) is 1. The number of carbonyl (C=O) groups excluding carboxylic acids is 1. The largest absolute Gasteiger partial charge is 0.482 e. The number of halogens is 2. The van der Waals surface area contributed by atoms with Crippen molar-refractivity contribution in [2.75, 3.05) is 11.9 Å². The van der Waals surface area contributed by atoms with Gasteiger partial charge in [-0.2, -0.15) is 9.61 Å². The number of benzene rings is 2. The number of hydrogen-bond acceptors (Lipinski definition) is 6. The maximum atomic E-state index is 12.4. The number of hydrogen-bond donors (Lipinski definition) is 1. The fourth-order valence-electron chi connectivity index (χ4n) is 3.29. The monoisotopic (exact) mass is 490 g/mol. The Morgan fingerprint density at radius 2 is 1.85 bits per heavy atom. The van der Waals surface area contributed by atoms with Crippen molar-refractivity contribution in [3.05, 3.63) is 89.0 Å². The summed E-state index contributed by atoms with van der Waals surface area (Å²) in [5.74, 6) is 0.591. The van der Waals surface area contributed by atoms with Gasteiger partial charge >= 0.3 is 0 Å². The number of aromatic nitrogens is 5. The third-order valence-electron chi connectivity index (χ3n) is 4.85. The summed E-state index contributed by atoms with van der Waals surface area (Å²) in [6.07, 6.45) is 1.69. The molecule has 2 aromatic carbocycles. The molecule has 1 N–H and O–H groups in total. The predicted molar refractivity (Wildman–Crippen MR) is 130 cm³/mol. The summed E-state index contributed by atoms with van der Waals surface area (Å²) < 4.78 is 7.14. The molecule has 0 spiro atoms. The van der Waals surface area contributed by atoms with Gasteiger partial charge in [0, 0.05) is 22.5 Å². The van der Waals surface area contributed by atoms with Crippen LogP contribution in [0, 0.1) is 0 Å². The van der Waals surface area contributed by atoms with Gasteiger partial charge in [0.1, 0.15) is 11.4 Å². The third-order valence-corrected chi connectivity index (χ3v) is 5.38. The number of rotatable bonds is 6. The molecule has 0 bridgehead atoms. The summed E-state index contributed by atoms with van der Waals surface area (Å²) in [7, 11) is 0. The predicted octanol–water partition coefficient (Wildman–Crippen LogP) is 5.18. The summed E-state index contributed by atoms with van der Waals surface area (Å²) >= 11 is 12.0. The molecule has 3 aromatic heterocycles. The molecule has 0 saturated heterocycles. The van der Waals surface area contributed by atoms with Crippen molar-refractivity contribution >= 4 is 40.4 Å². The molecule has 3 heterocycles. The van der Waals surface area contributed by atoms with Gasteiger partial charge in [0.15, 0.2) is 12.3 Å². The summed E-state index contributed by atoms with van der Waals surface area (Å²) in [6.45, 7) is -0.204. The Morgan fingerprint density at radius 1 is 0.941 bits per heavy atom. The van der Waals surface area contributed by atoms with Crippen LogP contribution in [-0.4, -0.2) is 37.3 Å². The minimum Gasteiger partial charge on any atom is -0.482 e. The zero-order valence-corrected chi connectivity index (χ0v) is 19.0. The quantitative estimate of drug-likeness (QED) is 0.352. The molecular formula is C24H16Cl2N6O2. The van der Waals surface area contributed by atoms with Crippen molar-refractivity contribution in [1.82, 2.24) is 24.8 Å². The van der Waals surface area contributed by atoms with Crippen molar-refractivity contribution < 1.29 is 9.53 Å². The fourth-order valence-corrected chi connectivity index (χ4v) is 3.75. The van der Waals surface area contributed by atoms with Crippen LogP contribution in [0.2, 0.25) is 10.0 Å². The van der Waals surface area contributed by atoms with Crippen molar-refractivity contribution in [2.24, 2.45) is 0 Å². The highest BCUT2D eigenvalue weighted by molar-refractivity contribution is 6.35. The van der Waals surface area contributed by atoms with E-state index in [-0.39, 0.29) is 12.5 Å². The van der Waals surface area contributed by atoms with E-state index in [0.717, 1.165) is 5.56 Å². The topological polar surface area (TPSA) is 94.3 Å². The Hall–Kier alpha value is -4.01. The van der Waals surface area contributed by atoms with Crippen molar-refractivity contribution in [3.8, 4) is 28.5 Å². The van der Waals surface area contributed by atoms with Crippen LogP contribution in [0.4, 0.5) is 5.69 Å². The molecule has 0 fully saturated rings. The maximum Gasteiger partial charge on any atom is 0.262 e. The number of carbonyl (C=O) groups is 1. The molecule has 8 nitrogen and oxygen atoms in total. The lowest BCUT2D eigenvalue weighted by atomic mass is 10.1. The Bertz CT molecular complexity index is 1490. The Labute approximate surface area is 204 Å². The highest BCUT2D eigenvalue weighted by atomic mass is 35.5. The fraction of sp³-hybridized carbons (Fsp3) is 0.0417. The number of fused-ring (bicyclic) bond motifs is 1. The molecule has 0 radical (unpaired) electrons. The van der Waals surface area contributed by atoms with Crippen LogP contribution in [0.5, 0.6) is 5.75 Å². The van der Waals surface area contributed by atoms with E-state index in [2.05, 4.69) is 25.6 Å². The van der Waals surface area contributed by atoms with Crippen LogP contribution in [0.25, 0.3) is 28.4 Å². The summed E-state index contributed by atoms with van der Waals surface area (Å²) in [5.41, 5.74) is 3.36. The second-order valence-corrected chi connectivity index (χ2v) is 8.06. The first-order valence-corrected chi connectivity index (χ1v) is 10.9. The molecule has 168 valence electrons. The first-order valence-electron chi connectivity index (χ1n) is 10.2. The van der Waals surface area contributed by atoms with Crippen molar-refractivity contribution in [3.63, 3.8) is 0 Å². The second kappa shape index (κ2) is 9.46. The molecule has 1 amide bonds. The molecule has 0 aliphatic carbocycles. The maximum absolute atomic E-state index is 12.4. The van der Waals surface area contributed by atoms with E-state index in [4.69, 9.17) is 27.9 Å². The smallest absolute Gasteiger partial charge is 0.262 e. The van der Waals surface area contributed by atoms with Gasteiger partial charge < -0.3 is 10.1 Å². The number of pyridine rings is 1. The molecule has 0 atom stereocenters. The SMILES string of the molecule is O=C(COc1ccc(Cl)cc1Cl)Nc1cccc(-c2ccc3nnc(-c4ccccn4)n3n2)c1. The van der Waals surface area contributed by atoms with Crippen LogP contribution < -0.4 is 10.1 Å². The highest BCUT2D eigenvalue weighted by Gasteiger charge is 2.12. The van der Waals surface area contributed by atoms with Gasteiger partial charge in [-0.25, -0.2) is 0 Å². The Morgan fingerprint density at radius 3 is 2.68 bits per heavy atom. The van der Waals surface area contributed by atoms with E-state index < -0.39 is 0 Å². The molecule has 10 heteroatoms. The van der Waals surface area contributed by atoms with Crippen LogP contribution >= 0.6 is 23.2 Å². The Balaban J connectivity index is 1.34. The number of nitrogens with one attached hydrogen (secondary N) is 1. The molecule has 5 rings (SSSR count). The van der Waals surface area contributed by atoms with E-state index in [1.54, 1.807) is 35.0 Å². The van der Waals surface area contributed by atoms with E-state index in [0.29, 0.717) is 44.3 Å². The lowest BCUT2D eigenvalue weighted by Crippen LogP contribution is -2.20.